The highest BCUT2D eigenvalue weighted by atomic mass is 16.5. The van der Waals surface area contributed by atoms with Gasteiger partial charge in [0, 0.05) is 0 Å². The van der Waals surface area contributed by atoms with Gasteiger partial charge in [-0.3, -0.25) is 4.79 Å². The molecule has 1 aliphatic carbocycles. The van der Waals surface area contributed by atoms with E-state index in [9.17, 15) is 9.90 Å². The SMILES string of the molecule is COc1cccc(C(O)C(=O)NC2(c3ccccc3)CC2)c1. The Labute approximate surface area is 129 Å². The molecule has 1 fully saturated rings. The maximum Gasteiger partial charge on any atom is 0.254 e. The van der Waals surface area contributed by atoms with Crippen LogP contribution in [0.5, 0.6) is 5.75 Å². The molecule has 0 aromatic heterocycles. The number of nitrogens with one attached hydrogen (secondary N) is 1. The third kappa shape index (κ3) is 2.83. The zero-order chi connectivity index (χ0) is 15.6. The summed E-state index contributed by atoms with van der Waals surface area (Å²) >= 11 is 0. The molecular weight excluding hydrogens is 278 g/mol. The smallest absolute Gasteiger partial charge is 0.254 e. The molecule has 0 aliphatic heterocycles. The first kappa shape index (κ1) is 14.6. The summed E-state index contributed by atoms with van der Waals surface area (Å²) in [7, 11) is 1.56. The molecule has 1 aliphatic rings. The first-order valence-electron chi connectivity index (χ1n) is 7.34. The minimum atomic E-state index is -1.20. The van der Waals surface area contributed by atoms with Crippen LogP contribution in [0.4, 0.5) is 0 Å². The van der Waals surface area contributed by atoms with Crippen LogP contribution in [0.1, 0.15) is 30.1 Å². The second-order valence-electron chi connectivity index (χ2n) is 5.62. The lowest BCUT2D eigenvalue weighted by Gasteiger charge is -2.20. The molecule has 0 spiro atoms. The molecule has 0 saturated heterocycles. The molecule has 2 aromatic carbocycles. The molecule has 0 bridgehead atoms. The number of hydrogen-bond donors (Lipinski definition) is 2. The fourth-order valence-electron chi connectivity index (χ4n) is 2.64. The fraction of sp³-hybridized carbons (Fsp3) is 0.278. The number of aliphatic hydroxyl groups is 1. The molecule has 0 heterocycles. The van der Waals surface area contributed by atoms with E-state index in [1.165, 1.54) is 0 Å². The Morgan fingerprint density at radius 2 is 1.91 bits per heavy atom. The Kier molecular flexibility index (Phi) is 3.86. The predicted molar refractivity (Wildman–Crippen MR) is 83.5 cm³/mol. The van der Waals surface area contributed by atoms with Crippen LogP contribution < -0.4 is 10.1 Å². The van der Waals surface area contributed by atoms with E-state index in [0.29, 0.717) is 11.3 Å². The summed E-state index contributed by atoms with van der Waals surface area (Å²) in [5.41, 5.74) is 1.29. The highest BCUT2D eigenvalue weighted by Gasteiger charge is 2.46. The van der Waals surface area contributed by atoms with E-state index in [2.05, 4.69) is 5.32 Å². The fourth-order valence-corrected chi connectivity index (χ4v) is 2.64. The number of aliphatic hydroxyl groups excluding tert-OH is 1. The van der Waals surface area contributed by atoms with Crippen LogP contribution in [0, 0.1) is 0 Å². The molecule has 0 radical (unpaired) electrons. The second kappa shape index (κ2) is 5.81. The van der Waals surface area contributed by atoms with E-state index in [1.54, 1.807) is 31.4 Å². The number of rotatable bonds is 5. The van der Waals surface area contributed by atoms with Crippen molar-refractivity contribution in [1.82, 2.24) is 5.32 Å². The summed E-state index contributed by atoms with van der Waals surface area (Å²) in [4.78, 5) is 12.4. The minimum absolute atomic E-state index is 0.321. The highest BCUT2D eigenvalue weighted by Crippen LogP contribution is 2.45. The molecule has 4 nitrogen and oxygen atoms in total. The van der Waals surface area contributed by atoms with Gasteiger partial charge in [-0.2, -0.15) is 0 Å². The average molecular weight is 297 g/mol. The van der Waals surface area contributed by atoms with E-state index in [1.807, 2.05) is 30.3 Å². The largest absolute Gasteiger partial charge is 0.497 e. The summed E-state index contributed by atoms with van der Waals surface area (Å²) in [5.74, 6) is 0.239. The summed E-state index contributed by atoms with van der Waals surface area (Å²) in [6.07, 6.45) is 0.595. The third-order valence-corrected chi connectivity index (χ3v) is 4.10. The van der Waals surface area contributed by atoms with Gasteiger partial charge in [-0.05, 0) is 36.1 Å². The van der Waals surface area contributed by atoms with E-state index in [4.69, 9.17) is 4.74 Å². The number of ether oxygens (including phenoxy) is 1. The highest BCUT2D eigenvalue weighted by molar-refractivity contribution is 5.83. The van der Waals surface area contributed by atoms with Gasteiger partial charge >= 0.3 is 0 Å². The Morgan fingerprint density at radius 3 is 2.55 bits per heavy atom. The lowest BCUT2D eigenvalue weighted by Crippen LogP contribution is -2.38. The Morgan fingerprint density at radius 1 is 1.18 bits per heavy atom. The van der Waals surface area contributed by atoms with E-state index in [-0.39, 0.29) is 11.4 Å². The van der Waals surface area contributed by atoms with Gasteiger partial charge in [0.05, 0.1) is 12.6 Å². The van der Waals surface area contributed by atoms with Crippen LogP contribution in [0.25, 0.3) is 0 Å². The predicted octanol–water partition coefficient (Wildman–Crippen LogP) is 2.53. The molecule has 1 amide bonds. The van der Waals surface area contributed by atoms with Crippen LogP contribution in [-0.4, -0.2) is 18.1 Å². The van der Waals surface area contributed by atoms with Crippen molar-refractivity contribution in [3.8, 4) is 5.75 Å². The van der Waals surface area contributed by atoms with Crippen molar-refractivity contribution in [3.05, 3.63) is 65.7 Å². The summed E-state index contributed by atoms with van der Waals surface area (Å²) in [6, 6.07) is 16.8. The number of amides is 1. The third-order valence-electron chi connectivity index (χ3n) is 4.10. The molecular formula is C18H19NO3. The monoisotopic (exact) mass is 297 g/mol. The van der Waals surface area contributed by atoms with E-state index in [0.717, 1.165) is 18.4 Å². The van der Waals surface area contributed by atoms with Gasteiger partial charge in [0.15, 0.2) is 6.10 Å². The van der Waals surface area contributed by atoms with Crippen LogP contribution in [0.15, 0.2) is 54.6 Å². The van der Waals surface area contributed by atoms with Crippen LogP contribution in [-0.2, 0) is 10.3 Å². The molecule has 4 heteroatoms. The standard InChI is InChI=1S/C18H19NO3/c1-22-15-9-5-6-13(12-15)16(20)17(21)19-18(10-11-18)14-7-3-2-4-8-14/h2-9,12,16,20H,10-11H2,1H3,(H,19,21). The van der Waals surface area contributed by atoms with Crippen molar-refractivity contribution in [3.63, 3.8) is 0 Å². The summed E-state index contributed by atoms with van der Waals surface area (Å²) < 4.78 is 5.12. The van der Waals surface area contributed by atoms with Gasteiger partial charge in [0.25, 0.3) is 5.91 Å². The van der Waals surface area contributed by atoms with Crippen molar-refractivity contribution < 1.29 is 14.6 Å². The number of hydrogen-bond acceptors (Lipinski definition) is 3. The zero-order valence-corrected chi connectivity index (χ0v) is 12.5. The van der Waals surface area contributed by atoms with Crippen LogP contribution in [0.3, 0.4) is 0 Å². The van der Waals surface area contributed by atoms with Crippen molar-refractivity contribution >= 4 is 5.91 Å². The van der Waals surface area contributed by atoms with Crippen LogP contribution >= 0.6 is 0 Å². The number of carbonyl (C=O) groups is 1. The molecule has 3 rings (SSSR count). The zero-order valence-electron chi connectivity index (χ0n) is 12.5. The van der Waals surface area contributed by atoms with E-state index >= 15 is 0 Å². The maximum atomic E-state index is 12.4. The molecule has 2 N–H and O–H groups in total. The second-order valence-corrected chi connectivity index (χ2v) is 5.62. The number of methoxy groups -OCH3 is 1. The van der Waals surface area contributed by atoms with Crippen molar-refractivity contribution in [2.45, 2.75) is 24.5 Å². The molecule has 1 unspecified atom stereocenters. The molecule has 2 aromatic rings. The van der Waals surface area contributed by atoms with Gasteiger partial charge in [-0.1, -0.05) is 42.5 Å². The van der Waals surface area contributed by atoms with Crippen molar-refractivity contribution in [2.75, 3.05) is 7.11 Å². The normalized spacial score (nSPS) is 16.6. The molecule has 1 saturated carbocycles. The Hall–Kier alpha value is -2.33. The van der Waals surface area contributed by atoms with Gasteiger partial charge in [-0.25, -0.2) is 0 Å². The Balaban J connectivity index is 1.74. The molecule has 1 atom stereocenters. The number of carbonyl (C=O) groups excluding carboxylic acids is 1. The van der Waals surface area contributed by atoms with Gasteiger partial charge in [0.1, 0.15) is 5.75 Å². The van der Waals surface area contributed by atoms with Crippen LogP contribution in [0.2, 0.25) is 0 Å². The molecule has 22 heavy (non-hydrogen) atoms. The van der Waals surface area contributed by atoms with Crippen molar-refractivity contribution in [1.29, 1.82) is 0 Å². The maximum absolute atomic E-state index is 12.4. The van der Waals surface area contributed by atoms with Gasteiger partial charge < -0.3 is 15.2 Å². The lowest BCUT2D eigenvalue weighted by molar-refractivity contribution is -0.130. The quantitative estimate of drug-likeness (QED) is 0.891. The summed E-state index contributed by atoms with van der Waals surface area (Å²) in [5, 5.41) is 13.3. The van der Waals surface area contributed by atoms with Crippen molar-refractivity contribution in [2.24, 2.45) is 0 Å². The average Bonchev–Trinajstić information content (AvgIpc) is 3.35. The first-order chi connectivity index (χ1) is 10.6. The molecule has 114 valence electrons. The first-order valence-corrected chi connectivity index (χ1v) is 7.34. The number of benzene rings is 2. The topological polar surface area (TPSA) is 58.6 Å². The minimum Gasteiger partial charge on any atom is -0.497 e. The Bertz CT molecular complexity index is 665. The van der Waals surface area contributed by atoms with Gasteiger partial charge in [-0.15, -0.1) is 0 Å². The van der Waals surface area contributed by atoms with Gasteiger partial charge in [0.2, 0.25) is 0 Å². The summed E-state index contributed by atoms with van der Waals surface area (Å²) in [6.45, 7) is 0. The van der Waals surface area contributed by atoms with E-state index < -0.39 is 6.10 Å². The lowest BCUT2D eigenvalue weighted by atomic mass is 10.0.